The molecule has 0 spiro atoms. The smallest absolute Gasteiger partial charge is 0.310 e. The Bertz CT molecular complexity index is 693. The Morgan fingerprint density at radius 2 is 1.71 bits per heavy atom. The van der Waals surface area contributed by atoms with E-state index < -0.39 is 52.9 Å². The molecular weight excluding hydrogens is 324 g/mol. The number of allylic oxidation sites excluding steroid dienone is 3. The van der Waals surface area contributed by atoms with Crippen molar-refractivity contribution in [3.8, 4) is 0 Å². The number of halogens is 4. The monoisotopic (exact) mass is 342 g/mol. The van der Waals surface area contributed by atoms with Gasteiger partial charge in [-0.3, -0.25) is 4.79 Å². The van der Waals surface area contributed by atoms with E-state index in [1.165, 1.54) is 0 Å². The number of ether oxygens (including phenoxy) is 1. The number of carbonyl (C=O) groups excluding carboxylic acids is 1. The van der Waals surface area contributed by atoms with E-state index in [9.17, 15) is 22.4 Å². The second-order valence-electron chi connectivity index (χ2n) is 6.41. The molecule has 0 heterocycles. The van der Waals surface area contributed by atoms with Crippen molar-refractivity contribution in [2.45, 2.75) is 27.4 Å². The quantitative estimate of drug-likeness (QED) is 0.338. The average molecular weight is 342 g/mol. The van der Waals surface area contributed by atoms with Crippen molar-refractivity contribution < 1.29 is 27.1 Å². The maximum atomic E-state index is 13.8. The summed E-state index contributed by atoms with van der Waals surface area (Å²) in [5, 5.41) is 0. The fraction of sp³-hybridized carbons (Fsp3) is 0.389. The largest absolute Gasteiger partial charge is 0.460 e. The van der Waals surface area contributed by atoms with Gasteiger partial charge in [0.2, 0.25) is 0 Å². The number of carbonyl (C=O) groups is 1. The Morgan fingerprint density at radius 3 is 2.21 bits per heavy atom. The highest BCUT2D eigenvalue weighted by atomic mass is 19.2. The van der Waals surface area contributed by atoms with Gasteiger partial charge in [-0.05, 0) is 18.3 Å². The van der Waals surface area contributed by atoms with E-state index in [0.717, 1.165) is 6.92 Å². The van der Waals surface area contributed by atoms with Gasteiger partial charge in [-0.15, -0.1) is 0 Å². The molecule has 0 bridgehead atoms. The Kier molecular flexibility index (Phi) is 4.87. The SMILES string of the molecule is C=CC=CC1C(C(=O)OCc2c(F)c(F)c(C)c(F)c2F)C1(C)C. The third-order valence-electron chi connectivity index (χ3n) is 4.55. The van der Waals surface area contributed by atoms with E-state index in [1.807, 2.05) is 13.8 Å². The summed E-state index contributed by atoms with van der Waals surface area (Å²) in [6, 6.07) is 0. The first-order valence-corrected chi connectivity index (χ1v) is 7.41. The molecule has 6 heteroatoms. The Labute approximate surface area is 137 Å². The van der Waals surface area contributed by atoms with Crippen LogP contribution >= 0.6 is 0 Å². The molecule has 130 valence electrons. The van der Waals surface area contributed by atoms with Crippen molar-refractivity contribution in [1.82, 2.24) is 0 Å². The molecule has 0 N–H and O–H groups in total. The minimum Gasteiger partial charge on any atom is -0.460 e. The summed E-state index contributed by atoms with van der Waals surface area (Å²) in [6.07, 6.45) is 5.06. The first kappa shape index (κ1) is 18.2. The van der Waals surface area contributed by atoms with Gasteiger partial charge in [0.05, 0.1) is 11.5 Å². The number of rotatable bonds is 5. The van der Waals surface area contributed by atoms with Gasteiger partial charge in [0.15, 0.2) is 23.3 Å². The molecule has 0 aromatic heterocycles. The lowest BCUT2D eigenvalue weighted by Gasteiger charge is -2.10. The van der Waals surface area contributed by atoms with Gasteiger partial charge >= 0.3 is 5.97 Å². The zero-order valence-electron chi connectivity index (χ0n) is 13.6. The minimum absolute atomic E-state index is 0.0933. The molecule has 0 saturated heterocycles. The average Bonchev–Trinajstić information content (AvgIpc) is 3.09. The maximum Gasteiger partial charge on any atom is 0.310 e. The van der Waals surface area contributed by atoms with Crippen molar-refractivity contribution in [2.24, 2.45) is 17.3 Å². The molecule has 0 aliphatic heterocycles. The second-order valence-corrected chi connectivity index (χ2v) is 6.41. The zero-order chi connectivity index (χ0) is 18.2. The molecule has 1 aliphatic carbocycles. The molecule has 2 nitrogen and oxygen atoms in total. The van der Waals surface area contributed by atoms with Crippen LogP contribution in [-0.2, 0) is 16.1 Å². The van der Waals surface area contributed by atoms with Crippen LogP contribution in [0.2, 0.25) is 0 Å². The molecule has 1 saturated carbocycles. The molecule has 2 unspecified atom stereocenters. The van der Waals surface area contributed by atoms with Gasteiger partial charge < -0.3 is 4.74 Å². The molecule has 0 amide bonds. The van der Waals surface area contributed by atoms with Gasteiger partial charge in [0.1, 0.15) is 6.61 Å². The van der Waals surface area contributed by atoms with E-state index in [2.05, 4.69) is 6.58 Å². The number of esters is 1. The fourth-order valence-electron chi connectivity index (χ4n) is 2.83. The Balaban J connectivity index is 2.14. The topological polar surface area (TPSA) is 26.3 Å². The molecule has 24 heavy (non-hydrogen) atoms. The van der Waals surface area contributed by atoms with Crippen LogP contribution in [0.15, 0.2) is 24.8 Å². The predicted octanol–water partition coefficient (Wildman–Crippen LogP) is 4.61. The molecule has 1 aromatic carbocycles. The van der Waals surface area contributed by atoms with Crippen LogP contribution in [-0.4, -0.2) is 5.97 Å². The highest BCUT2D eigenvalue weighted by Gasteiger charge is 2.61. The first-order chi connectivity index (χ1) is 11.1. The normalized spacial score (nSPS) is 21.8. The summed E-state index contributed by atoms with van der Waals surface area (Å²) < 4.78 is 59.5. The fourth-order valence-corrected chi connectivity index (χ4v) is 2.83. The summed E-state index contributed by atoms with van der Waals surface area (Å²) in [5.74, 6) is -7.31. The van der Waals surface area contributed by atoms with Crippen molar-refractivity contribution in [2.75, 3.05) is 0 Å². The van der Waals surface area contributed by atoms with Crippen LogP contribution in [0.3, 0.4) is 0 Å². The van der Waals surface area contributed by atoms with E-state index in [0.29, 0.717) is 0 Å². The molecule has 1 aliphatic rings. The summed E-state index contributed by atoms with van der Waals surface area (Å²) in [6.45, 7) is 7.30. The summed E-state index contributed by atoms with van der Waals surface area (Å²) >= 11 is 0. The van der Waals surface area contributed by atoms with E-state index in [1.54, 1.807) is 18.2 Å². The lowest BCUT2D eigenvalue weighted by Crippen LogP contribution is -2.14. The van der Waals surface area contributed by atoms with Gasteiger partial charge in [0.25, 0.3) is 0 Å². The Morgan fingerprint density at radius 1 is 1.17 bits per heavy atom. The highest BCUT2D eigenvalue weighted by Crippen LogP contribution is 2.59. The predicted molar refractivity (Wildman–Crippen MR) is 80.9 cm³/mol. The summed E-state index contributed by atoms with van der Waals surface area (Å²) in [5.41, 5.74) is -2.05. The maximum absolute atomic E-state index is 13.8. The van der Waals surface area contributed by atoms with Crippen LogP contribution < -0.4 is 0 Å². The lowest BCUT2D eigenvalue weighted by atomic mass is 10.1. The first-order valence-electron chi connectivity index (χ1n) is 7.41. The molecule has 2 atom stereocenters. The molecule has 0 radical (unpaired) electrons. The van der Waals surface area contributed by atoms with E-state index >= 15 is 0 Å². The molecule has 1 aromatic rings. The number of benzene rings is 1. The minimum atomic E-state index is -1.54. The van der Waals surface area contributed by atoms with Crippen molar-refractivity contribution in [3.05, 3.63) is 59.2 Å². The van der Waals surface area contributed by atoms with Gasteiger partial charge in [0, 0.05) is 5.56 Å². The second kappa shape index (κ2) is 6.42. The standard InChI is InChI=1S/C18H18F4O2/c1-5-6-7-11-12(18(11,3)4)17(23)24-8-10-15(21)13(19)9(2)14(20)16(10)22/h5-7,11-12H,1,8H2,2-4H3. The number of hydrogen-bond donors (Lipinski definition) is 0. The van der Waals surface area contributed by atoms with E-state index in [4.69, 9.17) is 4.74 Å². The van der Waals surface area contributed by atoms with Gasteiger partial charge in [-0.25, -0.2) is 17.6 Å². The third-order valence-corrected chi connectivity index (χ3v) is 4.55. The number of hydrogen-bond acceptors (Lipinski definition) is 2. The third kappa shape index (κ3) is 2.97. The molecule has 2 rings (SSSR count). The molecule has 1 fully saturated rings. The van der Waals surface area contributed by atoms with Crippen LogP contribution in [0.4, 0.5) is 17.6 Å². The van der Waals surface area contributed by atoms with Crippen LogP contribution in [0, 0.1) is 47.4 Å². The van der Waals surface area contributed by atoms with Crippen LogP contribution in [0.1, 0.15) is 25.0 Å². The lowest BCUT2D eigenvalue weighted by molar-refractivity contribution is -0.147. The zero-order valence-corrected chi connectivity index (χ0v) is 13.6. The van der Waals surface area contributed by atoms with Gasteiger partial charge in [-0.1, -0.05) is 38.7 Å². The van der Waals surface area contributed by atoms with Crippen molar-refractivity contribution in [1.29, 1.82) is 0 Å². The summed E-state index contributed by atoms with van der Waals surface area (Å²) in [4.78, 5) is 12.1. The Hall–Kier alpha value is -2.11. The summed E-state index contributed by atoms with van der Waals surface area (Å²) in [7, 11) is 0. The van der Waals surface area contributed by atoms with Crippen LogP contribution in [0.25, 0.3) is 0 Å². The van der Waals surface area contributed by atoms with E-state index in [-0.39, 0.29) is 11.3 Å². The van der Waals surface area contributed by atoms with Crippen molar-refractivity contribution in [3.63, 3.8) is 0 Å². The van der Waals surface area contributed by atoms with Crippen LogP contribution in [0.5, 0.6) is 0 Å². The molecular formula is C18H18F4O2. The highest BCUT2D eigenvalue weighted by molar-refractivity contribution is 5.78. The van der Waals surface area contributed by atoms with Gasteiger partial charge in [-0.2, -0.15) is 0 Å². The van der Waals surface area contributed by atoms with Crippen molar-refractivity contribution >= 4 is 5.97 Å².